The Morgan fingerprint density at radius 2 is 1.96 bits per heavy atom. The quantitative estimate of drug-likeness (QED) is 0.424. The van der Waals surface area contributed by atoms with Crippen LogP contribution in [-0.2, 0) is 4.74 Å². The molecule has 0 radical (unpaired) electrons. The van der Waals surface area contributed by atoms with Gasteiger partial charge in [-0.15, -0.1) is 0 Å². The van der Waals surface area contributed by atoms with E-state index in [0.717, 1.165) is 5.39 Å². The number of carbonyl (C=O) groups excluding carboxylic acids is 2. The molecule has 2 N–H and O–H groups in total. The Morgan fingerprint density at radius 3 is 2.68 bits per heavy atom. The topological polar surface area (TPSA) is 91.8 Å². The van der Waals surface area contributed by atoms with Gasteiger partial charge in [-0.1, -0.05) is 29.8 Å². The van der Waals surface area contributed by atoms with E-state index in [1.54, 1.807) is 18.2 Å². The number of Topliss-reactive ketones (excluding diaryl/α,β-unsaturated/α-hetero) is 1. The Bertz CT molecular complexity index is 930. The van der Waals surface area contributed by atoms with E-state index in [-0.39, 0.29) is 27.8 Å². The monoisotopic (exact) mass is 359 g/mol. The summed E-state index contributed by atoms with van der Waals surface area (Å²) in [6.45, 7) is -0.468. The number of hydrogen-bond donors (Lipinski definition) is 1. The van der Waals surface area contributed by atoms with Crippen LogP contribution in [0.1, 0.15) is 20.9 Å². The molecular weight excluding hydrogens is 346 g/mol. The van der Waals surface area contributed by atoms with Crippen molar-refractivity contribution in [3.8, 4) is 5.75 Å². The van der Waals surface area contributed by atoms with E-state index in [1.807, 2.05) is 12.1 Å². The van der Waals surface area contributed by atoms with E-state index in [0.29, 0.717) is 5.58 Å². The molecule has 0 unspecified atom stereocenters. The van der Waals surface area contributed by atoms with Crippen LogP contribution >= 0.6 is 11.6 Å². The standard InChI is InChI=1S/C18H14ClNO5/c1-23-16-8-13(20)12(19)7-11(16)18(22)24-9-14(21)17-6-10-4-2-3-5-15(10)25-17/h2-8H,9,20H2,1H3. The second-order valence-corrected chi connectivity index (χ2v) is 5.63. The number of furan rings is 1. The zero-order valence-corrected chi connectivity index (χ0v) is 14.0. The Morgan fingerprint density at radius 1 is 1.20 bits per heavy atom. The van der Waals surface area contributed by atoms with Crippen LogP contribution in [0.15, 0.2) is 46.9 Å². The molecule has 0 fully saturated rings. The van der Waals surface area contributed by atoms with Crippen LogP contribution in [0.4, 0.5) is 5.69 Å². The number of methoxy groups -OCH3 is 1. The number of esters is 1. The molecule has 3 rings (SSSR count). The summed E-state index contributed by atoms with van der Waals surface area (Å²) in [6.07, 6.45) is 0. The van der Waals surface area contributed by atoms with Gasteiger partial charge in [-0.05, 0) is 18.2 Å². The van der Waals surface area contributed by atoms with Crippen molar-refractivity contribution in [1.82, 2.24) is 0 Å². The minimum Gasteiger partial charge on any atom is -0.496 e. The van der Waals surface area contributed by atoms with Gasteiger partial charge in [0.1, 0.15) is 16.9 Å². The molecule has 2 aromatic carbocycles. The first-order chi connectivity index (χ1) is 12.0. The lowest BCUT2D eigenvalue weighted by atomic mass is 10.2. The largest absolute Gasteiger partial charge is 0.496 e. The van der Waals surface area contributed by atoms with E-state index in [4.69, 9.17) is 31.2 Å². The highest BCUT2D eigenvalue weighted by Crippen LogP contribution is 2.29. The first-order valence-electron chi connectivity index (χ1n) is 7.31. The number of halogens is 1. The summed E-state index contributed by atoms with van der Waals surface area (Å²) in [5.74, 6) is -0.868. The molecule has 0 aliphatic rings. The maximum atomic E-state index is 12.2. The maximum absolute atomic E-state index is 12.2. The van der Waals surface area contributed by atoms with Crippen molar-refractivity contribution in [2.45, 2.75) is 0 Å². The lowest BCUT2D eigenvalue weighted by molar-refractivity contribution is 0.0465. The minimum absolute atomic E-state index is 0.0825. The Labute approximate surface area is 148 Å². The van der Waals surface area contributed by atoms with E-state index < -0.39 is 18.4 Å². The SMILES string of the molecule is COc1cc(N)c(Cl)cc1C(=O)OCC(=O)c1cc2ccccc2o1. The molecule has 0 aliphatic heterocycles. The van der Waals surface area contributed by atoms with Crippen molar-refractivity contribution >= 4 is 40.0 Å². The van der Waals surface area contributed by atoms with Crippen molar-refractivity contribution in [3.63, 3.8) is 0 Å². The average Bonchev–Trinajstić information content (AvgIpc) is 3.05. The molecule has 1 aromatic heterocycles. The third-order valence-corrected chi connectivity index (χ3v) is 3.90. The summed E-state index contributed by atoms with van der Waals surface area (Å²) in [4.78, 5) is 24.4. The maximum Gasteiger partial charge on any atom is 0.342 e. The summed E-state index contributed by atoms with van der Waals surface area (Å²) in [5, 5.41) is 0.987. The van der Waals surface area contributed by atoms with Crippen LogP contribution in [0, 0.1) is 0 Å². The normalized spacial score (nSPS) is 10.6. The fourth-order valence-electron chi connectivity index (χ4n) is 2.30. The number of benzene rings is 2. The third-order valence-electron chi connectivity index (χ3n) is 3.57. The first-order valence-corrected chi connectivity index (χ1v) is 7.69. The van der Waals surface area contributed by atoms with Crippen molar-refractivity contribution in [1.29, 1.82) is 0 Å². The highest BCUT2D eigenvalue weighted by Gasteiger charge is 2.19. The molecule has 0 bridgehead atoms. The number of hydrogen-bond acceptors (Lipinski definition) is 6. The van der Waals surface area contributed by atoms with Gasteiger partial charge in [-0.2, -0.15) is 0 Å². The van der Waals surface area contributed by atoms with Crippen LogP contribution in [0.3, 0.4) is 0 Å². The van der Waals surface area contributed by atoms with Crippen molar-refractivity contribution in [2.24, 2.45) is 0 Å². The van der Waals surface area contributed by atoms with Crippen LogP contribution in [0.2, 0.25) is 5.02 Å². The van der Waals surface area contributed by atoms with Gasteiger partial charge in [0.25, 0.3) is 0 Å². The van der Waals surface area contributed by atoms with Crippen LogP contribution in [0.25, 0.3) is 11.0 Å². The number of ether oxygens (including phenoxy) is 2. The summed E-state index contributed by atoms with van der Waals surface area (Å²) >= 11 is 5.92. The lowest BCUT2D eigenvalue weighted by Crippen LogP contribution is -2.14. The summed E-state index contributed by atoms with van der Waals surface area (Å²) < 4.78 is 15.6. The van der Waals surface area contributed by atoms with Gasteiger partial charge in [0, 0.05) is 11.5 Å². The van der Waals surface area contributed by atoms with Gasteiger partial charge in [0.05, 0.1) is 17.8 Å². The van der Waals surface area contributed by atoms with Gasteiger partial charge in [-0.25, -0.2) is 4.79 Å². The van der Waals surface area contributed by atoms with Gasteiger partial charge in [0.15, 0.2) is 12.4 Å². The number of ketones is 1. The zero-order chi connectivity index (χ0) is 18.0. The molecule has 1 heterocycles. The van der Waals surface area contributed by atoms with Gasteiger partial charge >= 0.3 is 5.97 Å². The Kier molecular flexibility index (Phi) is 4.63. The van der Waals surface area contributed by atoms with Crippen molar-refractivity contribution in [3.05, 3.63) is 58.8 Å². The minimum atomic E-state index is -0.747. The second kappa shape index (κ2) is 6.86. The van der Waals surface area contributed by atoms with Crippen molar-refractivity contribution in [2.75, 3.05) is 19.5 Å². The predicted octanol–water partition coefficient (Wildman–Crippen LogP) is 3.72. The molecule has 0 atom stereocenters. The fourth-order valence-corrected chi connectivity index (χ4v) is 2.46. The molecule has 6 nitrogen and oxygen atoms in total. The molecule has 0 saturated carbocycles. The molecule has 0 aliphatic carbocycles. The average molecular weight is 360 g/mol. The summed E-state index contributed by atoms with van der Waals surface area (Å²) in [6, 6.07) is 11.6. The molecule has 25 heavy (non-hydrogen) atoms. The summed E-state index contributed by atoms with van der Waals surface area (Å²) in [5.41, 5.74) is 6.61. The highest BCUT2D eigenvalue weighted by atomic mass is 35.5. The molecule has 0 saturated heterocycles. The van der Waals surface area contributed by atoms with Gasteiger partial charge in [-0.3, -0.25) is 4.79 Å². The van der Waals surface area contributed by atoms with E-state index in [9.17, 15) is 9.59 Å². The number of rotatable bonds is 5. The predicted molar refractivity (Wildman–Crippen MR) is 93.2 cm³/mol. The number of carbonyl (C=O) groups is 2. The number of para-hydroxylation sites is 1. The van der Waals surface area contributed by atoms with Crippen molar-refractivity contribution < 1.29 is 23.5 Å². The van der Waals surface area contributed by atoms with Crippen LogP contribution in [0.5, 0.6) is 5.75 Å². The first kappa shape index (κ1) is 16.9. The lowest BCUT2D eigenvalue weighted by Gasteiger charge is -2.10. The fraction of sp³-hybridized carbons (Fsp3) is 0.111. The number of anilines is 1. The molecule has 0 spiro atoms. The number of nitrogen functional groups attached to an aromatic ring is 1. The van der Waals surface area contributed by atoms with Gasteiger partial charge < -0.3 is 19.6 Å². The number of fused-ring (bicyclic) bond motifs is 1. The zero-order valence-electron chi connectivity index (χ0n) is 13.2. The number of nitrogens with two attached hydrogens (primary N) is 1. The van der Waals surface area contributed by atoms with Gasteiger partial charge in [0.2, 0.25) is 5.78 Å². The van der Waals surface area contributed by atoms with E-state index >= 15 is 0 Å². The molecule has 0 amide bonds. The van der Waals surface area contributed by atoms with E-state index in [2.05, 4.69) is 0 Å². The molecular formula is C18H14ClNO5. The smallest absolute Gasteiger partial charge is 0.342 e. The molecule has 7 heteroatoms. The third kappa shape index (κ3) is 3.44. The summed E-state index contributed by atoms with van der Waals surface area (Å²) in [7, 11) is 1.39. The molecule has 128 valence electrons. The Hall–Kier alpha value is -2.99. The molecule has 3 aromatic rings. The second-order valence-electron chi connectivity index (χ2n) is 5.22. The van der Waals surface area contributed by atoms with Crippen LogP contribution < -0.4 is 10.5 Å². The van der Waals surface area contributed by atoms with E-state index in [1.165, 1.54) is 19.2 Å². The Balaban J connectivity index is 1.73. The van der Waals surface area contributed by atoms with Crippen LogP contribution in [-0.4, -0.2) is 25.5 Å². The highest BCUT2D eigenvalue weighted by molar-refractivity contribution is 6.33.